The van der Waals surface area contributed by atoms with Crippen LogP contribution in [-0.4, -0.2) is 59.3 Å². The van der Waals surface area contributed by atoms with Gasteiger partial charge in [-0.2, -0.15) is 0 Å². The predicted octanol–water partition coefficient (Wildman–Crippen LogP) is 0.591. The smallest absolute Gasteiger partial charge is 0.330 e. The molecule has 0 amide bonds. The van der Waals surface area contributed by atoms with Crippen LogP contribution in [0.15, 0.2) is 21.9 Å². The minimum Gasteiger partial charge on any atom is -0.400 e. The van der Waals surface area contributed by atoms with Crippen molar-refractivity contribution >= 4 is 16.8 Å². The van der Waals surface area contributed by atoms with Crippen LogP contribution in [0.2, 0.25) is 0 Å². The van der Waals surface area contributed by atoms with Gasteiger partial charge in [0.1, 0.15) is 6.23 Å². The van der Waals surface area contributed by atoms with Crippen molar-refractivity contribution in [2.24, 2.45) is 0 Å². The molecular formula is C15H30N2O8P2. The molecule has 1 aliphatic rings. The number of aliphatic hydroxyl groups excluding tert-OH is 1. The SMILES string of the molecule is CC(C)P(O)O.CO.O=c1ccn(C2CCC(CCCP(O)O)O2)c(=O)[nH]1. The Morgan fingerprint density at radius 1 is 1.22 bits per heavy atom. The van der Waals surface area contributed by atoms with E-state index >= 15 is 0 Å². The van der Waals surface area contributed by atoms with Crippen LogP contribution in [0.25, 0.3) is 0 Å². The van der Waals surface area contributed by atoms with Gasteiger partial charge in [0.15, 0.2) is 16.8 Å². The molecule has 2 atom stereocenters. The zero-order valence-electron chi connectivity index (χ0n) is 15.7. The Morgan fingerprint density at radius 3 is 2.30 bits per heavy atom. The van der Waals surface area contributed by atoms with E-state index in [1.54, 1.807) is 13.8 Å². The lowest BCUT2D eigenvalue weighted by molar-refractivity contribution is -0.00431. The number of H-pyrrole nitrogens is 1. The van der Waals surface area contributed by atoms with Crippen molar-refractivity contribution in [2.75, 3.05) is 13.3 Å². The molecule has 27 heavy (non-hydrogen) atoms. The van der Waals surface area contributed by atoms with Crippen LogP contribution in [0, 0.1) is 0 Å². The third-order valence-corrected chi connectivity index (χ3v) is 5.23. The monoisotopic (exact) mass is 428 g/mol. The Balaban J connectivity index is 0.000000722. The molecule has 1 fully saturated rings. The van der Waals surface area contributed by atoms with E-state index in [4.69, 9.17) is 29.4 Å². The van der Waals surface area contributed by atoms with Crippen LogP contribution in [0.4, 0.5) is 0 Å². The molecule has 1 aromatic rings. The highest BCUT2D eigenvalue weighted by Gasteiger charge is 2.26. The van der Waals surface area contributed by atoms with Gasteiger partial charge < -0.3 is 29.4 Å². The molecule has 0 bridgehead atoms. The molecule has 10 nitrogen and oxygen atoms in total. The minimum atomic E-state index is -1.83. The van der Waals surface area contributed by atoms with E-state index in [0.29, 0.717) is 19.0 Å². The minimum absolute atomic E-state index is 0.0266. The zero-order chi connectivity index (χ0) is 21.0. The maximum atomic E-state index is 11.6. The first-order valence-electron chi connectivity index (χ1n) is 8.44. The summed E-state index contributed by atoms with van der Waals surface area (Å²) in [6.07, 6.45) is 4.48. The molecule has 1 saturated heterocycles. The van der Waals surface area contributed by atoms with E-state index < -0.39 is 28.0 Å². The number of aromatic amines is 1. The second-order valence-electron chi connectivity index (χ2n) is 5.96. The van der Waals surface area contributed by atoms with Crippen LogP contribution < -0.4 is 11.2 Å². The summed E-state index contributed by atoms with van der Waals surface area (Å²) in [6, 6.07) is 1.29. The van der Waals surface area contributed by atoms with Crippen LogP contribution in [-0.2, 0) is 4.74 Å². The van der Waals surface area contributed by atoms with Gasteiger partial charge in [-0.05, 0) is 25.7 Å². The van der Waals surface area contributed by atoms with E-state index in [2.05, 4.69) is 4.98 Å². The highest BCUT2D eigenvalue weighted by molar-refractivity contribution is 7.45. The van der Waals surface area contributed by atoms with Gasteiger partial charge in [0.05, 0.1) is 6.10 Å². The van der Waals surface area contributed by atoms with Crippen molar-refractivity contribution in [3.05, 3.63) is 33.1 Å². The highest BCUT2D eigenvalue weighted by Crippen LogP contribution is 2.31. The topological polar surface area (TPSA) is 165 Å². The summed E-state index contributed by atoms with van der Waals surface area (Å²) >= 11 is 0. The van der Waals surface area contributed by atoms with Crippen LogP contribution in [0.1, 0.15) is 45.8 Å². The van der Waals surface area contributed by atoms with Crippen LogP contribution in [0.3, 0.4) is 0 Å². The summed E-state index contributed by atoms with van der Waals surface area (Å²) < 4.78 is 7.12. The molecule has 2 rings (SSSR count). The normalized spacial score (nSPS) is 18.9. The molecule has 2 heterocycles. The van der Waals surface area contributed by atoms with Gasteiger partial charge in [-0.15, -0.1) is 0 Å². The molecule has 1 aliphatic heterocycles. The van der Waals surface area contributed by atoms with Crippen molar-refractivity contribution in [3.8, 4) is 0 Å². The molecule has 2 unspecified atom stereocenters. The van der Waals surface area contributed by atoms with E-state index in [0.717, 1.165) is 20.0 Å². The largest absolute Gasteiger partial charge is 0.400 e. The molecule has 0 saturated carbocycles. The Labute approximate surface area is 160 Å². The third-order valence-electron chi connectivity index (χ3n) is 3.59. The van der Waals surface area contributed by atoms with Crippen molar-refractivity contribution in [1.82, 2.24) is 9.55 Å². The highest BCUT2D eigenvalue weighted by atomic mass is 31.2. The van der Waals surface area contributed by atoms with Gasteiger partial charge >= 0.3 is 5.69 Å². The van der Waals surface area contributed by atoms with Gasteiger partial charge in [-0.1, -0.05) is 13.8 Å². The number of hydrogen-bond donors (Lipinski definition) is 6. The maximum absolute atomic E-state index is 11.6. The summed E-state index contributed by atoms with van der Waals surface area (Å²) in [5, 5.41) is 7.00. The quantitative estimate of drug-likeness (QED) is 0.358. The van der Waals surface area contributed by atoms with Crippen LogP contribution >= 0.6 is 16.8 Å². The molecule has 1 aromatic heterocycles. The number of nitrogens with one attached hydrogen (secondary N) is 1. The first-order chi connectivity index (χ1) is 12.7. The second-order valence-corrected chi connectivity index (χ2v) is 8.83. The summed E-state index contributed by atoms with van der Waals surface area (Å²) in [6.45, 7) is 3.54. The summed E-state index contributed by atoms with van der Waals surface area (Å²) in [7, 11) is -2.49. The lowest BCUT2D eigenvalue weighted by Crippen LogP contribution is -2.31. The molecule has 6 N–H and O–H groups in total. The van der Waals surface area contributed by atoms with Crippen molar-refractivity contribution in [3.63, 3.8) is 0 Å². The van der Waals surface area contributed by atoms with Gasteiger partial charge in [0, 0.05) is 31.2 Å². The Bertz CT molecular complexity index is 614. The van der Waals surface area contributed by atoms with Gasteiger partial charge in [0.25, 0.3) is 5.56 Å². The first-order valence-corrected chi connectivity index (χ1v) is 11.2. The summed E-state index contributed by atoms with van der Waals surface area (Å²) in [5.41, 5.74) is -0.859. The predicted molar refractivity (Wildman–Crippen MR) is 105 cm³/mol. The van der Waals surface area contributed by atoms with E-state index in [1.807, 2.05) is 0 Å². The lowest BCUT2D eigenvalue weighted by atomic mass is 10.1. The fraction of sp³-hybridized carbons (Fsp3) is 0.733. The molecule has 158 valence electrons. The molecular weight excluding hydrogens is 398 g/mol. The number of nitrogens with zero attached hydrogens (tertiary/aromatic N) is 1. The number of hydrogen-bond acceptors (Lipinski definition) is 8. The third kappa shape index (κ3) is 11.0. The Kier molecular flexibility index (Phi) is 13.9. The molecule has 0 aliphatic carbocycles. The van der Waals surface area contributed by atoms with Crippen molar-refractivity contribution in [1.29, 1.82) is 0 Å². The molecule has 0 spiro atoms. The van der Waals surface area contributed by atoms with Gasteiger partial charge in [-0.3, -0.25) is 14.3 Å². The van der Waals surface area contributed by atoms with Crippen LogP contribution in [0.5, 0.6) is 0 Å². The lowest BCUT2D eigenvalue weighted by Gasteiger charge is -2.15. The van der Waals surface area contributed by atoms with Crippen molar-refractivity contribution < 1.29 is 29.4 Å². The van der Waals surface area contributed by atoms with E-state index in [-0.39, 0.29) is 18.0 Å². The number of ether oxygens (including phenoxy) is 1. The number of aromatic nitrogens is 2. The Hall–Kier alpha value is -0.700. The van der Waals surface area contributed by atoms with E-state index in [1.165, 1.54) is 16.8 Å². The maximum Gasteiger partial charge on any atom is 0.330 e. The molecule has 12 heteroatoms. The number of rotatable bonds is 6. The van der Waals surface area contributed by atoms with Gasteiger partial charge in [-0.25, -0.2) is 4.79 Å². The second kappa shape index (κ2) is 14.3. The zero-order valence-corrected chi connectivity index (χ0v) is 17.5. The fourth-order valence-electron chi connectivity index (χ4n) is 2.22. The summed E-state index contributed by atoms with van der Waals surface area (Å²) in [5.74, 6) is 0. The average molecular weight is 428 g/mol. The summed E-state index contributed by atoms with van der Waals surface area (Å²) in [4.78, 5) is 58.9. The number of aliphatic hydroxyl groups is 1. The average Bonchev–Trinajstić information content (AvgIpc) is 3.05. The van der Waals surface area contributed by atoms with Gasteiger partial charge in [0.2, 0.25) is 0 Å². The Morgan fingerprint density at radius 2 is 1.81 bits per heavy atom. The standard InChI is InChI=1S/C11H17N2O5P.C3H9O2P.CH4O/c14-9-5-6-13(11(15)12-9)10-4-3-8(18-10)2-1-7-19(16)17;1-3(2)6(4)5;1-2/h5-6,8,10,16-17H,1-4,7H2,(H,12,14,15);3-5H,1-2H3;2H,1H3. The van der Waals surface area contributed by atoms with Crippen molar-refractivity contribution in [2.45, 2.75) is 57.5 Å². The van der Waals surface area contributed by atoms with E-state index in [9.17, 15) is 9.59 Å². The fourth-order valence-corrected chi connectivity index (χ4v) is 2.68. The molecule has 0 aromatic carbocycles. The molecule has 0 radical (unpaired) electrons. The first kappa shape index (κ1) is 26.3.